The summed E-state index contributed by atoms with van der Waals surface area (Å²) in [7, 11) is 0. The van der Waals surface area contributed by atoms with Crippen molar-refractivity contribution in [1.82, 2.24) is 9.36 Å². The van der Waals surface area contributed by atoms with Crippen LogP contribution in [-0.2, 0) is 0 Å². The van der Waals surface area contributed by atoms with Crippen LogP contribution < -0.4 is 0 Å². The maximum atomic E-state index is 10.7. The van der Waals surface area contributed by atoms with Crippen molar-refractivity contribution in [3.63, 3.8) is 0 Å². The molecule has 4 nitrogen and oxygen atoms in total. The van der Waals surface area contributed by atoms with Gasteiger partial charge in [0, 0.05) is 4.90 Å². The van der Waals surface area contributed by atoms with Crippen molar-refractivity contribution in [1.29, 1.82) is 0 Å². The normalized spacial score (nSPS) is 10.3. The molecule has 1 N–H and O–H groups in total. The molecule has 0 fully saturated rings. The number of halogens is 1. The third-order valence-electron chi connectivity index (χ3n) is 1.72. The molecule has 7 heteroatoms. The van der Waals surface area contributed by atoms with E-state index in [0.717, 1.165) is 9.24 Å². The van der Waals surface area contributed by atoms with E-state index in [9.17, 15) is 4.79 Å². The van der Waals surface area contributed by atoms with E-state index in [2.05, 4.69) is 9.36 Å². The number of rotatable bonds is 3. The van der Waals surface area contributed by atoms with Crippen LogP contribution in [0.5, 0.6) is 0 Å². The smallest absolute Gasteiger partial charge is 0.335 e. The van der Waals surface area contributed by atoms with Gasteiger partial charge in [0.15, 0.2) is 4.34 Å². The number of aromatic carboxylic acids is 1. The summed E-state index contributed by atoms with van der Waals surface area (Å²) < 4.78 is 4.63. The van der Waals surface area contributed by atoms with Crippen molar-refractivity contribution in [2.75, 3.05) is 0 Å². The molecule has 0 spiro atoms. The standard InChI is InChI=1S/C9H5ClN2O2S2/c10-6-3-5(8(13)14)1-2-7(6)15-9-11-4-12-16-9/h1-4H,(H,13,14). The van der Waals surface area contributed by atoms with Gasteiger partial charge in [0.1, 0.15) is 6.33 Å². The highest BCUT2D eigenvalue weighted by Crippen LogP contribution is 2.34. The first kappa shape index (κ1) is 11.4. The van der Waals surface area contributed by atoms with Crippen LogP contribution in [0.15, 0.2) is 33.8 Å². The van der Waals surface area contributed by atoms with Crippen LogP contribution in [0.4, 0.5) is 0 Å². The van der Waals surface area contributed by atoms with Crippen molar-refractivity contribution < 1.29 is 9.90 Å². The number of carboxylic acids is 1. The van der Waals surface area contributed by atoms with E-state index in [-0.39, 0.29) is 5.56 Å². The molecule has 0 atom stereocenters. The Morgan fingerprint density at radius 1 is 1.50 bits per heavy atom. The highest BCUT2D eigenvalue weighted by Gasteiger charge is 2.09. The fourth-order valence-corrected chi connectivity index (χ4v) is 2.72. The molecule has 1 aromatic carbocycles. The fraction of sp³-hybridized carbons (Fsp3) is 0. The average molecular weight is 273 g/mol. The zero-order chi connectivity index (χ0) is 11.5. The molecule has 0 aliphatic rings. The first-order chi connectivity index (χ1) is 7.66. The van der Waals surface area contributed by atoms with Gasteiger partial charge in [0.2, 0.25) is 0 Å². The number of benzene rings is 1. The largest absolute Gasteiger partial charge is 0.478 e. The van der Waals surface area contributed by atoms with E-state index in [1.165, 1.54) is 41.8 Å². The van der Waals surface area contributed by atoms with Crippen LogP contribution >= 0.6 is 34.9 Å². The molecule has 1 heterocycles. The summed E-state index contributed by atoms with van der Waals surface area (Å²) in [5, 5.41) is 9.17. The predicted molar refractivity (Wildman–Crippen MR) is 62.4 cm³/mol. The molecule has 82 valence electrons. The minimum atomic E-state index is -0.991. The van der Waals surface area contributed by atoms with Crippen LogP contribution in [0.1, 0.15) is 10.4 Å². The van der Waals surface area contributed by atoms with Gasteiger partial charge in [0.25, 0.3) is 0 Å². The Balaban J connectivity index is 2.26. The summed E-state index contributed by atoms with van der Waals surface area (Å²) in [6, 6.07) is 4.60. The molecule has 0 saturated carbocycles. The molecule has 0 bridgehead atoms. The molecule has 1 aromatic heterocycles. The van der Waals surface area contributed by atoms with Crippen molar-refractivity contribution in [3.05, 3.63) is 35.1 Å². The van der Waals surface area contributed by atoms with Gasteiger partial charge < -0.3 is 5.11 Å². The molecule has 16 heavy (non-hydrogen) atoms. The van der Waals surface area contributed by atoms with E-state index >= 15 is 0 Å². The second-order valence-corrected chi connectivity index (χ2v) is 5.24. The Kier molecular flexibility index (Phi) is 3.42. The number of hydrogen-bond acceptors (Lipinski definition) is 5. The van der Waals surface area contributed by atoms with E-state index in [1.54, 1.807) is 6.07 Å². The summed E-state index contributed by atoms with van der Waals surface area (Å²) >= 11 is 8.59. The molecule has 0 aliphatic heterocycles. The quantitative estimate of drug-likeness (QED) is 0.930. The van der Waals surface area contributed by atoms with Crippen LogP contribution in [-0.4, -0.2) is 20.4 Å². The minimum absolute atomic E-state index is 0.173. The lowest BCUT2D eigenvalue weighted by Gasteiger charge is -2.02. The first-order valence-electron chi connectivity index (χ1n) is 4.14. The molecule has 2 aromatic rings. The number of carboxylic acid groups (broad SMARTS) is 1. The Bertz CT molecular complexity index is 516. The van der Waals surface area contributed by atoms with Gasteiger partial charge in [-0.05, 0) is 29.7 Å². The Morgan fingerprint density at radius 2 is 2.31 bits per heavy atom. The van der Waals surface area contributed by atoms with Crippen molar-refractivity contribution in [2.45, 2.75) is 9.24 Å². The van der Waals surface area contributed by atoms with Crippen molar-refractivity contribution in [2.24, 2.45) is 0 Å². The maximum Gasteiger partial charge on any atom is 0.335 e. The Labute approximate surface area is 104 Å². The number of carbonyl (C=O) groups is 1. The fourth-order valence-electron chi connectivity index (χ4n) is 1.02. The van der Waals surface area contributed by atoms with Crippen LogP contribution in [0.3, 0.4) is 0 Å². The Hall–Kier alpha value is -1.11. The molecule has 0 saturated heterocycles. The molecule has 2 rings (SSSR count). The average Bonchev–Trinajstić information content (AvgIpc) is 2.73. The van der Waals surface area contributed by atoms with Crippen molar-refractivity contribution in [3.8, 4) is 0 Å². The lowest BCUT2D eigenvalue weighted by atomic mass is 10.2. The number of hydrogen-bond donors (Lipinski definition) is 1. The van der Waals surface area contributed by atoms with E-state index in [0.29, 0.717) is 5.02 Å². The third kappa shape index (κ3) is 2.52. The van der Waals surface area contributed by atoms with Crippen LogP contribution in [0.25, 0.3) is 0 Å². The summed E-state index contributed by atoms with van der Waals surface area (Å²) in [5.74, 6) is -0.991. The lowest BCUT2D eigenvalue weighted by molar-refractivity contribution is 0.0697. The van der Waals surface area contributed by atoms with Crippen LogP contribution in [0.2, 0.25) is 5.02 Å². The monoisotopic (exact) mass is 272 g/mol. The van der Waals surface area contributed by atoms with Gasteiger partial charge in [0.05, 0.1) is 10.6 Å². The summed E-state index contributed by atoms with van der Waals surface area (Å²) in [6.45, 7) is 0. The molecular weight excluding hydrogens is 268 g/mol. The second-order valence-electron chi connectivity index (χ2n) is 2.76. The summed E-state index contributed by atoms with van der Waals surface area (Å²) in [5.41, 5.74) is 0.173. The van der Waals surface area contributed by atoms with E-state index in [4.69, 9.17) is 16.7 Å². The van der Waals surface area contributed by atoms with Gasteiger partial charge >= 0.3 is 5.97 Å². The summed E-state index contributed by atoms with van der Waals surface area (Å²) in [4.78, 5) is 15.5. The molecule has 0 radical (unpaired) electrons. The van der Waals surface area contributed by atoms with Crippen LogP contribution in [0, 0.1) is 0 Å². The van der Waals surface area contributed by atoms with E-state index in [1.807, 2.05) is 0 Å². The lowest BCUT2D eigenvalue weighted by Crippen LogP contribution is -1.95. The molecule has 0 aliphatic carbocycles. The number of nitrogens with zero attached hydrogens (tertiary/aromatic N) is 2. The maximum absolute atomic E-state index is 10.7. The second kappa shape index (κ2) is 4.82. The molecule has 0 unspecified atom stereocenters. The topological polar surface area (TPSA) is 63.1 Å². The highest BCUT2D eigenvalue weighted by molar-refractivity contribution is 8.01. The van der Waals surface area contributed by atoms with Gasteiger partial charge in [-0.15, -0.1) is 0 Å². The SMILES string of the molecule is O=C(O)c1ccc(Sc2ncns2)c(Cl)c1. The highest BCUT2D eigenvalue weighted by atomic mass is 35.5. The molecule has 0 amide bonds. The van der Waals surface area contributed by atoms with Gasteiger partial charge in [-0.2, -0.15) is 4.37 Å². The third-order valence-corrected chi connectivity index (χ3v) is 3.93. The summed E-state index contributed by atoms with van der Waals surface area (Å²) in [6.07, 6.45) is 1.46. The zero-order valence-electron chi connectivity index (χ0n) is 7.75. The van der Waals surface area contributed by atoms with Crippen molar-refractivity contribution >= 4 is 40.9 Å². The first-order valence-corrected chi connectivity index (χ1v) is 6.11. The Morgan fingerprint density at radius 3 is 2.88 bits per heavy atom. The van der Waals surface area contributed by atoms with Gasteiger partial charge in [-0.25, -0.2) is 9.78 Å². The van der Waals surface area contributed by atoms with Gasteiger partial charge in [-0.3, -0.25) is 0 Å². The number of aromatic nitrogens is 2. The predicted octanol–water partition coefficient (Wildman–Crippen LogP) is 3.04. The molecular formula is C9H5ClN2O2S2. The zero-order valence-corrected chi connectivity index (χ0v) is 10.1. The van der Waals surface area contributed by atoms with Gasteiger partial charge in [-0.1, -0.05) is 23.4 Å². The minimum Gasteiger partial charge on any atom is -0.478 e. The van der Waals surface area contributed by atoms with E-state index < -0.39 is 5.97 Å².